The molecule has 0 unspecified atom stereocenters. The Hall–Kier alpha value is -7.38. The molecular formula is C49H39N7. The molecule has 0 spiro atoms. The van der Waals surface area contributed by atoms with E-state index in [1.165, 1.54) is 12.6 Å². The molecule has 270 valence electrons. The Morgan fingerprint density at radius 2 is 1.04 bits per heavy atom. The maximum atomic E-state index is 8.66. The summed E-state index contributed by atoms with van der Waals surface area (Å²) in [6.45, 7) is 4.25. The number of para-hydroxylation sites is 3. The van der Waals surface area contributed by atoms with E-state index in [0.717, 1.165) is 77.4 Å². The van der Waals surface area contributed by atoms with Crippen molar-refractivity contribution in [1.82, 2.24) is 24.1 Å². The van der Waals surface area contributed by atoms with Crippen molar-refractivity contribution in [1.29, 1.82) is 5.41 Å². The van der Waals surface area contributed by atoms with Crippen LogP contribution in [0.3, 0.4) is 0 Å². The summed E-state index contributed by atoms with van der Waals surface area (Å²) in [5, 5.41) is 16.8. The Balaban J connectivity index is 0.00000133. The normalized spacial score (nSPS) is 11.2. The minimum Gasteiger partial charge on any atom is -0.355 e. The lowest BCUT2D eigenvalue weighted by molar-refractivity contribution is 0.953. The van der Waals surface area contributed by atoms with Gasteiger partial charge >= 0.3 is 0 Å². The van der Waals surface area contributed by atoms with Gasteiger partial charge in [0.05, 0.1) is 22.1 Å². The maximum Gasteiger partial charge on any atom is 0.238 e. The summed E-state index contributed by atoms with van der Waals surface area (Å²) in [5.74, 6) is 1.78. The van der Waals surface area contributed by atoms with E-state index in [1.54, 1.807) is 0 Å². The van der Waals surface area contributed by atoms with Gasteiger partial charge in [0.15, 0.2) is 11.6 Å². The molecule has 0 aliphatic carbocycles. The van der Waals surface area contributed by atoms with E-state index in [-0.39, 0.29) is 0 Å². The highest BCUT2D eigenvalue weighted by Crippen LogP contribution is 2.39. The molecule has 0 fully saturated rings. The third-order valence-electron chi connectivity index (χ3n) is 9.87. The summed E-state index contributed by atoms with van der Waals surface area (Å²) >= 11 is 0. The van der Waals surface area contributed by atoms with Crippen LogP contribution in [-0.2, 0) is 0 Å². The van der Waals surface area contributed by atoms with Gasteiger partial charge in [-0.1, -0.05) is 142 Å². The summed E-state index contributed by atoms with van der Waals surface area (Å²) < 4.78 is 4.39. The molecule has 0 aliphatic heterocycles. The second-order valence-electron chi connectivity index (χ2n) is 13.7. The van der Waals surface area contributed by atoms with Crippen LogP contribution in [0, 0.1) is 5.41 Å². The monoisotopic (exact) mass is 725 g/mol. The van der Waals surface area contributed by atoms with Crippen molar-refractivity contribution in [3.8, 4) is 34.4 Å². The fourth-order valence-electron chi connectivity index (χ4n) is 7.50. The van der Waals surface area contributed by atoms with Crippen molar-refractivity contribution in [2.24, 2.45) is 0 Å². The van der Waals surface area contributed by atoms with Crippen LogP contribution in [-0.4, -0.2) is 30.3 Å². The lowest BCUT2D eigenvalue weighted by atomic mass is 10.1. The van der Waals surface area contributed by atoms with Gasteiger partial charge in [-0.25, -0.2) is 4.98 Å². The van der Waals surface area contributed by atoms with E-state index in [9.17, 15) is 0 Å². The number of anilines is 2. The highest BCUT2D eigenvalue weighted by atomic mass is 15.2. The first kappa shape index (κ1) is 34.4. The van der Waals surface area contributed by atoms with Crippen molar-refractivity contribution < 1.29 is 0 Å². The number of nitrogens with one attached hydrogen (secondary N) is 2. The van der Waals surface area contributed by atoms with Gasteiger partial charge in [0.2, 0.25) is 5.95 Å². The van der Waals surface area contributed by atoms with Crippen molar-refractivity contribution in [3.05, 3.63) is 175 Å². The number of hydrogen-bond acceptors (Lipinski definition) is 5. The molecule has 7 nitrogen and oxygen atoms in total. The van der Waals surface area contributed by atoms with Gasteiger partial charge in [0.1, 0.15) is 0 Å². The first-order valence-corrected chi connectivity index (χ1v) is 19.0. The third kappa shape index (κ3) is 6.05. The quantitative estimate of drug-likeness (QED) is 0.160. The molecule has 3 aromatic heterocycles. The van der Waals surface area contributed by atoms with Crippen LogP contribution in [0.5, 0.6) is 0 Å². The van der Waals surface area contributed by atoms with Crippen LogP contribution in [0.25, 0.3) is 78.0 Å². The van der Waals surface area contributed by atoms with Crippen LogP contribution in [0.15, 0.2) is 170 Å². The minimum atomic E-state index is 0.551. The van der Waals surface area contributed by atoms with E-state index in [1.807, 2.05) is 72.8 Å². The molecule has 56 heavy (non-hydrogen) atoms. The summed E-state index contributed by atoms with van der Waals surface area (Å²) in [6.07, 6.45) is 2.71. The van der Waals surface area contributed by atoms with E-state index in [4.69, 9.17) is 20.4 Å². The maximum absolute atomic E-state index is 8.66. The fourth-order valence-corrected chi connectivity index (χ4v) is 7.50. The van der Waals surface area contributed by atoms with Crippen LogP contribution in [0.2, 0.25) is 0 Å². The number of rotatable bonds is 7. The molecule has 0 radical (unpaired) electrons. The highest BCUT2D eigenvalue weighted by molar-refractivity contribution is 6.16. The van der Waals surface area contributed by atoms with Crippen molar-refractivity contribution >= 4 is 61.2 Å². The average molecular weight is 726 g/mol. The molecule has 2 N–H and O–H groups in total. The van der Waals surface area contributed by atoms with E-state index in [0.29, 0.717) is 17.6 Å². The molecule has 0 amide bonds. The van der Waals surface area contributed by atoms with Crippen LogP contribution >= 0.6 is 0 Å². The van der Waals surface area contributed by atoms with Gasteiger partial charge in [0.25, 0.3) is 0 Å². The van der Waals surface area contributed by atoms with Crippen molar-refractivity contribution in [2.45, 2.75) is 20.3 Å². The standard InChI is InChI=1S/C46H31N7.C3H8/c47-29-38-39(26-25-36-34-20-10-12-22-40(34)52(43(36)38)33-18-8-3-9-19-33)48-32-24-27-42-37(28-32)35-21-11-13-23-41(35)53(42)46-50-44(30-14-4-1-5-15-30)49-45(51-46)31-16-6-2-7-17-31;1-3-2/h1-29,47-48H;3H2,1-2H3. The van der Waals surface area contributed by atoms with E-state index >= 15 is 0 Å². The molecule has 7 heteroatoms. The molecule has 10 rings (SSSR count). The molecule has 0 aliphatic rings. The third-order valence-corrected chi connectivity index (χ3v) is 9.87. The predicted molar refractivity (Wildman–Crippen MR) is 233 cm³/mol. The highest BCUT2D eigenvalue weighted by Gasteiger charge is 2.20. The van der Waals surface area contributed by atoms with E-state index < -0.39 is 0 Å². The van der Waals surface area contributed by atoms with Gasteiger partial charge in [-0.3, -0.25) is 4.57 Å². The Bertz CT molecular complexity index is 2940. The Morgan fingerprint density at radius 1 is 0.518 bits per heavy atom. The summed E-state index contributed by atoms with van der Waals surface area (Å²) in [7, 11) is 0. The molecular weight excluding hydrogens is 687 g/mol. The zero-order valence-corrected chi connectivity index (χ0v) is 31.2. The number of benzene rings is 7. The van der Waals surface area contributed by atoms with E-state index in [2.05, 4.69) is 125 Å². The van der Waals surface area contributed by atoms with Gasteiger partial charge in [0, 0.05) is 61.5 Å². The van der Waals surface area contributed by atoms with Crippen LogP contribution < -0.4 is 5.32 Å². The Morgan fingerprint density at radius 3 is 1.64 bits per heavy atom. The topological polar surface area (TPSA) is 84.4 Å². The minimum absolute atomic E-state index is 0.551. The fraction of sp³-hybridized carbons (Fsp3) is 0.0612. The summed E-state index contributed by atoms with van der Waals surface area (Å²) in [4.78, 5) is 15.0. The molecule has 0 bridgehead atoms. The number of aromatic nitrogens is 5. The van der Waals surface area contributed by atoms with Crippen LogP contribution in [0.1, 0.15) is 25.8 Å². The SMILES string of the molecule is CCC.N=Cc1c(Nc2ccc3c(c2)c2ccccc2n3-c2nc(-c3ccccc3)nc(-c3ccccc3)n2)ccc2c3ccccc3n(-c3ccccc3)c12. The number of nitrogens with zero attached hydrogens (tertiary/aromatic N) is 5. The Labute approximate surface area is 325 Å². The van der Waals surface area contributed by atoms with Crippen LogP contribution in [0.4, 0.5) is 11.4 Å². The Kier molecular flexibility index (Phi) is 9.09. The number of hydrogen-bond donors (Lipinski definition) is 2. The lowest BCUT2D eigenvalue weighted by Gasteiger charge is -2.14. The van der Waals surface area contributed by atoms with Gasteiger partial charge < -0.3 is 15.3 Å². The summed E-state index contributed by atoms with van der Waals surface area (Å²) in [6, 6.07) is 57.9. The molecule has 0 atom stereocenters. The largest absolute Gasteiger partial charge is 0.355 e. The van der Waals surface area contributed by atoms with Crippen molar-refractivity contribution in [3.63, 3.8) is 0 Å². The molecule has 0 saturated heterocycles. The summed E-state index contributed by atoms with van der Waals surface area (Å²) in [5.41, 5.74) is 9.56. The number of fused-ring (bicyclic) bond motifs is 6. The molecule has 10 aromatic rings. The molecule has 0 saturated carbocycles. The smallest absolute Gasteiger partial charge is 0.238 e. The zero-order chi connectivity index (χ0) is 38.0. The second kappa shape index (κ2) is 14.8. The van der Waals surface area contributed by atoms with Gasteiger partial charge in [-0.05, 0) is 48.5 Å². The molecule has 3 heterocycles. The zero-order valence-electron chi connectivity index (χ0n) is 31.2. The molecule has 7 aromatic carbocycles. The first-order valence-electron chi connectivity index (χ1n) is 19.0. The average Bonchev–Trinajstić information content (AvgIpc) is 3.77. The van der Waals surface area contributed by atoms with Crippen molar-refractivity contribution in [2.75, 3.05) is 5.32 Å². The first-order chi connectivity index (χ1) is 27.7. The second-order valence-corrected chi connectivity index (χ2v) is 13.7. The lowest BCUT2D eigenvalue weighted by Crippen LogP contribution is -2.06. The van der Waals surface area contributed by atoms with Gasteiger partial charge in [-0.15, -0.1) is 0 Å². The van der Waals surface area contributed by atoms with Gasteiger partial charge in [-0.2, -0.15) is 9.97 Å². The predicted octanol–water partition coefficient (Wildman–Crippen LogP) is 12.6.